The van der Waals surface area contributed by atoms with Crippen LogP contribution >= 0.6 is 0 Å². The number of aryl methyl sites for hydroxylation is 1. The first-order valence-corrected chi connectivity index (χ1v) is 9.30. The number of hydrogen-bond donors (Lipinski definition) is 1. The van der Waals surface area contributed by atoms with Gasteiger partial charge in [-0.15, -0.1) is 0 Å². The third kappa shape index (κ3) is 4.21. The van der Waals surface area contributed by atoms with Crippen LogP contribution in [-0.4, -0.2) is 11.2 Å². The standard InChI is InChI=1S/C21H30N2O3/c1-6-9-14(4)13-25-20-19(26-16(7-2)8-3)17-11-10-15(22)12-18(17)23(5)21(20)24/h7,10-12,14H,6,8-9,13,22H2,1-5H3. The number of hydrogen-bond acceptors (Lipinski definition) is 4. The highest BCUT2D eigenvalue weighted by atomic mass is 16.5. The number of anilines is 1. The van der Waals surface area contributed by atoms with Crippen molar-refractivity contribution >= 4 is 16.6 Å². The number of fused-ring (bicyclic) bond motifs is 1. The fourth-order valence-corrected chi connectivity index (χ4v) is 3.00. The Morgan fingerprint density at radius 2 is 2.04 bits per heavy atom. The summed E-state index contributed by atoms with van der Waals surface area (Å²) in [5.74, 6) is 1.90. The molecule has 0 saturated heterocycles. The van der Waals surface area contributed by atoms with E-state index in [1.165, 1.54) is 0 Å². The summed E-state index contributed by atoms with van der Waals surface area (Å²) in [6.45, 7) is 8.69. The van der Waals surface area contributed by atoms with Crippen LogP contribution in [0.3, 0.4) is 0 Å². The Labute approximate surface area is 155 Å². The van der Waals surface area contributed by atoms with Crippen LogP contribution in [0, 0.1) is 5.92 Å². The molecule has 1 unspecified atom stereocenters. The smallest absolute Gasteiger partial charge is 0.297 e. The number of ether oxygens (including phenoxy) is 2. The van der Waals surface area contributed by atoms with E-state index in [2.05, 4.69) is 13.8 Å². The van der Waals surface area contributed by atoms with E-state index in [1.54, 1.807) is 17.7 Å². The van der Waals surface area contributed by atoms with Crippen LogP contribution in [0.25, 0.3) is 10.9 Å². The highest BCUT2D eigenvalue weighted by Crippen LogP contribution is 2.35. The van der Waals surface area contributed by atoms with Gasteiger partial charge < -0.3 is 19.8 Å². The molecule has 0 aliphatic rings. The van der Waals surface area contributed by atoms with E-state index in [9.17, 15) is 4.79 Å². The Kier molecular flexibility index (Phi) is 6.72. The molecule has 5 nitrogen and oxygen atoms in total. The summed E-state index contributed by atoms with van der Waals surface area (Å²) in [5, 5.41) is 0.812. The number of nitrogens with two attached hydrogens (primary N) is 1. The van der Waals surface area contributed by atoms with Crippen molar-refractivity contribution < 1.29 is 9.47 Å². The van der Waals surface area contributed by atoms with Crippen molar-refractivity contribution in [1.82, 2.24) is 4.57 Å². The molecule has 0 aliphatic carbocycles. The fourth-order valence-electron chi connectivity index (χ4n) is 3.00. The minimum absolute atomic E-state index is 0.214. The molecule has 5 heteroatoms. The van der Waals surface area contributed by atoms with Gasteiger partial charge in [0.2, 0.25) is 5.75 Å². The zero-order valence-corrected chi connectivity index (χ0v) is 16.5. The molecule has 2 aromatic rings. The molecule has 0 radical (unpaired) electrons. The molecular weight excluding hydrogens is 328 g/mol. The second kappa shape index (κ2) is 8.79. The van der Waals surface area contributed by atoms with Gasteiger partial charge in [0.25, 0.3) is 5.56 Å². The molecule has 0 bridgehead atoms. The Bertz CT molecular complexity index is 852. The molecule has 0 aliphatic heterocycles. The minimum atomic E-state index is -0.214. The fraction of sp³-hybridized carbons (Fsp3) is 0.476. The molecular formula is C21H30N2O3. The lowest BCUT2D eigenvalue weighted by Gasteiger charge is -2.19. The molecule has 1 aromatic heterocycles. The van der Waals surface area contributed by atoms with Crippen LogP contribution in [0.2, 0.25) is 0 Å². The minimum Gasteiger partial charge on any atom is -0.485 e. The van der Waals surface area contributed by atoms with Crippen molar-refractivity contribution in [2.75, 3.05) is 12.3 Å². The summed E-state index contributed by atoms with van der Waals surface area (Å²) in [4.78, 5) is 12.9. The van der Waals surface area contributed by atoms with Crippen LogP contribution in [0.4, 0.5) is 5.69 Å². The zero-order valence-electron chi connectivity index (χ0n) is 16.5. The van der Waals surface area contributed by atoms with Crippen molar-refractivity contribution in [3.8, 4) is 11.5 Å². The predicted molar refractivity (Wildman–Crippen MR) is 108 cm³/mol. The molecule has 0 fully saturated rings. The lowest BCUT2D eigenvalue weighted by Crippen LogP contribution is -2.23. The molecule has 2 N–H and O–H groups in total. The summed E-state index contributed by atoms with van der Waals surface area (Å²) in [5.41, 5.74) is 7.03. The second-order valence-corrected chi connectivity index (χ2v) is 6.71. The highest BCUT2D eigenvalue weighted by molar-refractivity contribution is 5.90. The van der Waals surface area contributed by atoms with Crippen LogP contribution < -0.4 is 20.8 Å². The molecule has 0 spiro atoms. The van der Waals surface area contributed by atoms with Gasteiger partial charge in [-0.3, -0.25) is 4.79 Å². The van der Waals surface area contributed by atoms with Crippen molar-refractivity contribution in [2.45, 2.75) is 47.0 Å². The number of benzene rings is 1. The van der Waals surface area contributed by atoms with Gasteiger partial charge in [-0.1, -0.05) is 27.2 Å². The first-order valence-electron chi connectivity index (χ1n) is 9.30. The molecule has 0 amide bonds. The Morgan fingerprint density at radius 1 is 1.31 bits per heavy atom. The largest absolute Gasteiger partial charge is 0.485 e. The summed E-state index contributed by atoms with van der Waals surface area (Å²) in [6, 6.07) is 5.48. The topological polar surface area (TPSA) is 66.5 Å². The van der Waals surface area contributed by atoms with Crippen LogP contribution in [-0.2, 0) is 7.05 Å². The van der Waals surface area contributed by atoms with Crippen molar-refractivity contribution in [3.63, 3.8) is 0 Å². The van der Waals surface area contributed by atoms with E-state index < -0.39 is 0 Å². The van der Waals surface area contributed by atoms with Gasteiger partial charge in [-0.05, 0) is 43.5 Å². The first-order chi connectivity index (χ1) is 12.4. The van der Waals surface area contributed by atoms with E-state index in [1.807, 2.05) is 32.1 Å². The predicted octanol–water partition coefficient (Wildman–Crippen LogP) is 4.63. The normalized spacial score (nSPS) is 13.0. The monoisotopic (exact) mass is 358 g/mol. The lowest BCUT2D eigenvalue weighted by atomic mass is 10.1. The summed E-state index contributed by atoms with van der Waals surface area (Å²) in [6.07, 6.45) is 4.77. The lowest BCUT2D eigenvalue weighted by molar-refractivity contribution is 0.237. The maximum atomic E-state index is 12.9. The van der Waals surface area contributed by atoms with Crippen LogP contribution in [0.1, 0.15) is 47.0 Å². The van der Waals surface area contributed by atoms with Crippen molar-refractivity contribution in [1.29, 1.82) is 0 Å². The van der Waals surface area contributed by atoms with Gasteiger partial charge in [0.05, 0.1) is 17.9 Å². The van der Waals surface area contributed by atoms with Crippen LogP contribution in [0.5, 0.6) is 11.5 Å². The van der Waals surface area contributed by atoms with Gasteiger partial charge in [0.1, 0.15) is 0 Å². The molecule has 142 valence electrons. The van der Waals surface area contributed by atoms with Gasteiger partial charge in [0, 0.05) is 24.5 Å². The van der Waals surface area contributed by atoms with Crippen molar-refractivity contribution in [2.24, 2.45) is 13.0 Å². The molecule has 1 heterocycles. The number of pyridine rings is 1. The van der Waals surface area contributed by atoms with E-state index in [0.717, 1.165) is 35.9 Å². The molecule has 2 rings (SSSR count). The highest BCUT2D eigenvalue weighted by Gasteiger charge is 2.20. The number of nitrogens with zero attached hydrogens (tertiary/aromatic N) is 1. The van der Waals surface area contributed by atoms with Crippen molar-refractivity contribution in [3.05, 3.63) is 40.4 Å². The first kappa shape index (κ1) is 19.9. The van der Waals surface area contributed by atoms with E-state index >= 15 is 0 Å². The van der Waals surface area contributed by atoms with E-state index in [0.29, 0.717) is 24.0 Å². The number of allylic oxidation sites excluding steroid dienone is 2. The third-order valence-corrected chi connectivity index (χ3v) is 4.53. The maximum absolute atomic E-state index is 12.9. The number of aromatic nitrogens is 1. The molecule has 26 heavy (non-hydrogen) atoms. The number of rotatable bonds is 8. The summed E-state index contributed by atoms with van der Waals surface area (Å²) >= 11 is 0. The molecule has 0 saturated carbocycles. The van der Waals surface area contributed by atoms with Crippen LogP contribution in [0.15, 0.2) is 34.8 Å². The van der Waals surface area contributed by atoms with E-state index in [-0.39, 0.29) is 11.3 Å². The maximum Gasteiger partial charge on any atom is 0.297 e. The Hall–Kier alpha value is -2.43. The van der Waals surface area contributed by atoms with Gasteiger partial charge >= 0.3 is 0 Å². The second-order valence-electron chi connectivity index (χ2n) is 6.71. The molecule has 1 atom stereocenters. The van der Waals surface area contributed by atoms with Gasteiger partial charge in [0.15, 0.2) is 5.75 Å². The zero-order chi connectivity index (χ0) is 19.3. The average molecular weight is 358 g/mol. The third-order valence-electron chi connectivity index (χ3n) is 4.53. The number of nitrogen functional groups attached to an aromatic ring is 1. The van der Waals surface area contributed by atoms with Gasteiger partial charge in [-0.25, -0.2) is 0 Å². The van der Waals surface area contributed by atoms with E-state index in [4.69, 9.17) is 15.2 Å². The Morgan fingerprint density at radius 3 is 2.65 bits per heavy atom. The molecule has 1 aromatic carbocycles. The summed E-state index contributed by atoms with van der Waals surface area (Å²) < 4.78 is 13.7. The summed E-state index contributed by atoms with van der Waals surface area (Å²) in [7, 11) is 1.73. The Balaban J connectivity index is 2.61. The average Bonchev–Trinajstić information content (AvgIpc) is 2.63. The van der Waals surface area contributed by atoms with Gasteiger partial charge in [-0.2, -0.15) is 0 Å². The quantitative estimate of drug-likeness (QED) is 0.552. The SMILES string of the molecule is CC=C(CC)Oc1c(OCC(C)CCC)c(=O)n(C)c2cc(N)ccc12.